The van der Waals surface area contributed by atoms with Crippen molar-refractivity contribution in [1.82, 2.24) is 10.2 Å². The molecule has 0 aromatic heterocycles. The molecule has 0 spiro atoms. The molecule has 4 nitrogen and oxygen atoms in total. The molecule has 1 saturated heterocycles. The highest BCUT2D eigenvalue weighted by molar-refractivity contribution is 4.69. The molecule has 1 fully saturated rings. The third-order valence-corrected chi connectivity index (χ3v) is 1.78. The summed E-state index contributed by atoms with van der Waals surface area (Å²) < 4.78 is 0. The van der Waals surface area contributed by atoms with E-state index in [4.69, 9.17) is 5.73 Å². The summed E-state index contributed by atoms with van der Waals surface area (Å²) >= 11 is 0. The summed E-state index contributed by atoms with van der Waals surface area (Å²) in [6.07, 6.45) is -0.443. The molecule has 1 heterocycles. The molecule has 0 bridgehead atoms. The summed E-state index contributed by atoms with van der Waals surface area (Å²) in [5.41, 5.74) is 5.29. The maximum atomic E-state index is 9.26. The average molecular weight is 145 g/mol. The summed E-state index contributed by atoms with van der Waals surface area (Å²) in [4.78, 5) is 1.98. The van der Waals surface area contributed by atoms with Gasteiger partial charge in [-0.2, -0.15) is 0 Å². The van der Waals surface area contributed by atoms with Crippen LogP contribution in [0.1, 0.15) is 0 Å². The fraction of sp³-hybridized carbons (Fsp3) is 1.00. The first-order valence-electron chi connectivity index (χ1n) is 3.67. The third kappa shape index (κ3) is 1.91. The van der Waals surface area contributed by atoms with Crippen LogP contribution in [-0.4, -0.2) is 49.0 Å². The fourth-order valence-corrected chi connectivity index (χ4v) is 1.13. The summed E-state index contributed by atoms with van der Waals surface area (Å²) in [6.45, 7) is 4.05. The van der Waals surface area contributed by atoms with Gasteiger partial charge in [0.15, 0.2) is 0 Å². The third-order valence-electron chi connectivity index (χ3n) is 1.78. The molecule has 60 valence electrons. The van der Waals surface area contributed by atoms with Crippen molar-refractivity contribution in [2.45, 2.75) is 6.23 Å². The number of nitrogens with one attached hydrogen (secondary N) is 1. The lowest BCUT2D eigenvalue weighted by Gasteiger charge is -2.30. The van der Waals surface area contributed by atoms with Gasteiger partial charge >= 0.3 is 0 Å². The van der Waals surface area contributed by atoms with E-state index in [2.05, 4.69) is 5.32 Å². The van der Waals surface area contributed by atoms with E-state index in [1.807, 2.05) is 4.90 Å². The Hall–Kier alpha value is -0.160. The van der Waals surface area contributed by atoms with Crippen molar-refractivity contribution in [3.63, 3.8) is 0 Å². The Morgan fingerprint density at radius 2 is 2.10 bits per heavy atom. The first-order chi connectivity index (χ1) is 4.84. The monoisotopic (exact) mass is 145 g/mol. The van der Waals surface area contributed by atoms with Crippen LogP contribution in [0, 0.1) is 0 Å². The van der Waals surface area contributed by atoms with Crippen LogP contribution >= 0.6 is 0 Å². The zero-order valence-corrected chi connectivity index (χ0v) is 6.08. The Kier molecular flexibility index (Phi) is 3.08. The SMILES string of the molecule is NCC(O)N1CCNCC1. The second kappa shape index (κ2) is 3.88. The Bertz CT molecular complexity index is 93.0. The molecule has 0 aromatic carbocycles. The lowest BCUT2D eigenvalue weighted by atomic mass is 10.3. The van der Waals surface area contributed by atoms with Crippen molar-refractivity contribution in [3.8, 4) is 0 Å². The van der Waals surface area contributed by atoms with Gasteiger partial charge in [-0.05, 0) is 0 Å². The van der Waals surface area contributed by atoms with E-state index < -0.39 is 6.23 Å². The van der Waals surface area contributed by atoms with Crippen LogP contribution in [0.3, 0.4) is 0 Å². The van der Waals surface area contributed by atoms with Gasteiger partial charge in [0.25, 0.3) is 0 Å². The number of piperazine rings is 1. The van der Waals surface area contributed by atoms with E-state index in [9.17, 15) is 5.11 Å². The molecule has 0 saturated carbocycles. The van der Waals surface area contributed by atoms with Gasteiger partial charge in [0, 0.05) is 32.7 Å². The average Bonchev–Trinajstić information content (AvgIpc) is 2.05. The van der Waals surface area contributed by atoms with Gasteiger partial charge in [-0.15, -0.1) is 0 Å². The standard InChI is InChI=1S/C6H15N3O/c7-5-6(10)9-3-1-8-2-4-9/h6,8,10H,1-5,7H2. The quantitative estimate of drug-likeness (QED) is 0.428. The summed E-state index contributed by atoms with van der Waals surface area (Å²) in [5.74, 6) is 0. The fourth-order valence-electron chi connectivity index (χ4n) is 1.13. The van der Waals surface area contributed by atoms with Crippen LogP contribution in [0.2, 0.25) is 0 Å². The predicted molar refractivity (Wildman–Crippen MR) is 39.5 cm³/mol. The lowest BCUT2D eigenvalue weighted by molar-refractivity contribution is 0.00378. The van der Waals surface area contributed by atoms with Gasteiger partial charge in [0.05, 0.1) is 0 Å². The lowest BCUT2D eigenvalue weighted by Crippen LogP contribution is -2.50. The molecule has 0 aromatic rings. The molecule has 0 amide bonds. The molecule has 10 heavy (non-hydrogen) atoms. The van der Waals surface area contributed by atoms with E-state index in [-0.39, 0.29) is 0 Å². The summed E-state index contributed by atoms with van der Waals surface area (Å²) in [6, 6.07) is 0. The van der Waals surface area contributed by atoms with Gasteiger partial charge in [-0.3, -0.25) is 4.90 Å². The minimum absolute atomic E-state index is 0.333. The van der Waals surface area contributed by atoms with Gasteiger partial charge in [0.2, 0.25) is 0 Å². The number of hydrogen-bond donors (Lipinski definition) is 3. The minimum atomic E-state index is -0.443. The van der Waals surface area contributed by atoms with E-state index in [0.717, 1.165) is 26.2 Å². The molecule has 4 heteroatoms. The highest BCUT2D eigenvalue weighted by Gasteiger charge is 2.15. The van der Waals surface area contributed by atoms with E-state index in [0.29, 0.717) is 6.54 Å². The van der Waals surface area contributed by atoms with E-state index in [1.165, 1.54) is 0 Å². The molecule has 1 unspecified atom stereocenters. The van der Waals surface area contributed by atoms with Crippen molar-refractivity contribution in [2.75, 3.05) is 32.7 Å². The van der Waals surface area contributed by atoms with Crippen molar-refractivity contribution in [3.05, 3.63) is 0 Å². The second-order valence-corrected chi connectivity index (χ2v) is 2.50. The predicted octanol–water partition coefficient (Wildman–Crippen LogP) is -1.83. The van der Waals surface area contributed by atoms with Crippen LogP contribution in [0.25, 0.3) is 0 Å². The largest absolute Gasteiger partial charge is 0.377 e. The molecule has 1 aliphatic rings. The summed E-state index contributed by atoms with van der Waals surface area (Å²) in [5, 5.41) is 12.5. The van der Waals surface area contributed by atoms with Crippen LogP contribution in [0.5, 0.6) is 0 Å². The zero-order chi connectivity index (χ0) is 7.40. The van der Waals surface area contributed by atoms with Crippen LogP contribution < -0.4 is 11.1 Å². The van der Waals surface area contributed by atoms with Crippen molar-refractivity contribution >= 4 is 0 Å². The number of aliphatic hydroxyl groups excluding tert-OH is 1. The number of nitrogens with zero attached hydrogens (tertiary/aromatic N) is 1. The van der Waals surface area contributed by atoms with Crippen molar-refractivity contribution < 1.29 is 5.11 Å². The Morgan fingerprint density at radius 3 is 2.60 bits per heavy atom. The van der Waals surface area contributed by atoms with Crippen LogP contribution in [-0.2, 0) is 0 Å². The Labute approximate surface area is 61.0 Å². The van der Waals surface area contributed by atoms with Crippen molar-refractivity contribution in [1.29, 1.82) is 0 Å². The van der Waals surface area contributed by atoms with Gasteiger partial charge in [0.1, 0.15) is 6.23 Å². The Morgan fingerprint density at radius 1 is 1.50 bits per heavy atom. The first kappa shape index (κ1) is 7.94. The molecule has 1 aliphatic heterocycles. The number of nitrogens with two attached hydrogens (primary N) is 1. The van der Waals surface area contributed by atoms with E-state index in [1.54, 1.807) is 0 Å². The molecule has 0 radical (unpaired) electrons. The van der Waals surface area contributed by atoms with Gasteiger partial charge in [-0.25, -0.2) is 0 Å². The normalized spacial score (nSPS) is 24.6. The second-order valence-electron chi connectivity index (χ2n) is 2.50. The maximum absolute atomic E-state index is 9.26. The summed E-state index contributed by atoms with van der Waals surface area (Å²) in [7, 11) is 0. The molecule has 4 N–H and O–H groups in total. The number of hydrogen-bond acceptors (Lipinski definition) is 4. The van der Waals surface area contributed by atoms with Crippen LogP contribution in [0.4, 0.5) is 0 Å². The topological polar surface area (TPSA) is 61.5 Å². The Balaban J connectivity index is 2.24. The number of aliphatic hydroxyl groups is 1. The molecule has 1 rings (SSSR count). The maximum Gasteiger partial charge on any atom is 0.119 e. The molecular formula is C6H15N3O. The smallest absolute Gasteiger partial charge is 0.119 e. The molecule has 1 atom stereocenters. The molecular weight excluding hydrogens is 130 g/mol. The van der Waals surface area contributed by atoms with Crippen LogP contribution in [0.15, 0.2) is 0 Å². The highest BCUT2D eigenvalue weighted by atomic mass is 16.3. The van der Waals surface area contributed by atoms with Crippen molar-refractivity contribution in [2.24, 2.45) is 5.73 Å². The van der Waals surface area contributed by atoms with E-state index >= 15 is 0 Å². The number of rotatable bonds is 2. The first-order valence-corrected chi connectivity index (χ1v) is 3.67. The zero-order valence-electron chi connectivity index (χ0n) is 6.08. The van der Waals surface area contributed by atoms with Gasteiger partial charge < -0.3 is 16.2 Å². The highest BCUT2D eigenvalue weighted by Crippen LogP contribution is 1.95. The van der Waals surface area contributed by atoms with Gasteiger partial charge in [-0.1, -0.05) is 0 Å². The minimum Gasteiger partial charge on any atom is -0.377 e. The molecule has 0 aliphatic carbocycles.